The van der Waals surface area contributed by atoms with Gasteiger partial charge in [0.05, 0.1) is 30.9 Å². The molecule has 2 amide bonds. The molecule has 124 valence electrons. The minimum Gasteiger partial charge on any atom is -0.367 e. The maximum absolute atomic E-state index is 12.4. The van der Waals surface area contributed by atoms with Gasteiger partial charge in [0.15, 0.2) is 0 Å². The van der Waals surface area contributed by atoms with Gasteiger partial charge in [-0.1, -0.05) is 0 Å². The zero-order valence-corrected chi connectivity index (χ0v) is 14.4. The second-order valence-corrected chi connectivity index (χ2v) is 7.23. The number of nitrogens with one attached hydrogen (secondary N) is 1. The highest BCUT2D eigenvalue weighted by Crippen LogP contribution is 2.29. The summed E-state index contributed by atoms with van der Waals surface area (Å²) in [5.41, 5.74) is 0.459. The van der Waals surface area contributed by atoms with E-state index in [1.807, 2.05) is 27.1 Å². The van der Waals surface area contributed by atoms with Crippen LogP contribution in [-0.2, 0) is 23.9 Å². The first-order valence-electron chi connectivity index (χ1n) is 7.53. The van der Waals surface area contributed by atoms with Crippen molar-refractivity contribution in [2.75, 3.05) is 19.7 Å². The molecule has 2 aromatic rings. The van der Waals surface area contributed by atoms with E-state index in [4.69, 9.17) is 4.74 Å². The van der Waals surface area contributed by atoms with Crippen molar-refractivity contribution >= 4 is 17.4 Å². The molecule has 0 saturated carbocycles. The quantitative estimate of drug-likeness (QED) is 0.925. The zero-order valence-electron chi connectivity index (χ0n) is 13.6. The summed E-state index contributed by atoms with van der Waals surface area (Å²) in [6.45, 7) is 6.06. The summed E-state index contributed by atoms with van der Waals surface area (Å²) in [5, 5.41) is 8.16. The smallest absolute Gasteiger partial charge is 0.317 e. The van der Waals surface area contributed by atoms with Crippen molar-refractivity contribution in [2.24, 2.45) is 7.05 Å². The van der Waals surface area contributed by atoms with Crippen molar-refractivity contribution in [2.45, 2.75) is 26.0 Å². The number of thiazole rings is 1. The largest absolute Gasteiger partial charge is 0.367 e. The number of rotatable bonds is 3. The van der Waals surface area contributed by atoms with E-state index in [2.05, 4.69) is 15.4 Å². The fourth-order valence-corrected chi connectivity index (χ4v) is 3.41. The fraction of sp³-hybridized carbons (Fsp3) is 0.533. The first-order valence-corrected chi connectivity index (χ1v) is 8.35. The molecule has 1 aliphatic rings. The molecule has 3 rings (SSSR count). The van der Waals surface area contributed by atoms with Crippen LogP contribution in [0.5, 0.6) is 0 Å². The third kappa shape index (κ3) is 3.53. The molecule has 1 saturated heterocycles. The lowest BCUT2D eigenvalue weighted by molar-refractivity contribution is -0.0907. The maximum atomic E-state index is 12.4. The zero-order chi connectivity index (χ0) is 16.4. The number of aryl methyl sites for hydroxylation is 2. The highest BCUT2D eigenvalue weighted by atomic mass is 32.1. The van der Waals surface area contributed by atoms with Gasteiger partial charge in [-0.25, -0.2) is 9.78 Å². The molecule has 1 fully saturated rings. The molecule has 0 radical (unpaired) electrons. The Bertz CT molecular complexity index is 698. The average molecular weight is 335 g/mol. The van der Waals surface area contributed by atoms with Crippen molar-refractivity contribution in [1.82, 2.24) is 25.0 Å². The number of amides is 2. The summed E-state index contributed by atoms with van der Waals surface area (Å²) >= 11 is 1.60. The second-order valence-electron chi connectivity index (χ2n) is 5.91. The third-order valence-corrected chi connectivity index (χ3v) is 4.87. The van der Waals surface area contributed by atoms with E-state index in [9.17, 15) is 4.79 Å². The molecule has 0 aromatic carbocycles. The van der Waals surface area contributed by atoms with Crippen LogP contribution in [0.25, 0.3) is 0 Å². The van der Waals surface area contributed by atoms with Gasteiger partial charge >= 0.3 is 6.03 Å². The summed E-state index contributed by atoms with van der Waals surface area (Å²) in [6, 6.07) is -0.0746. The molecule has 1 aliphatic heterocycles. The van der Waals surface area contributed by atoms with Crippen LogP contribution in [0.3, 0.4) is 0 Å². The van der Waals surface area contributed by atoms with E-state index >= 15 is 0 Å². The Morgan fingerprint density at radius 1 is 1.52 bits per heavy atom. The first-order chi connectivity index (χ1) is 11.0. The summed E-state index contributed by atoms with van der Waals surface area (Å²) in [4.78, 5) is 19.5. The normalized spacial score (nSPS) is 21.4. The summed E-state index contributed by atoms with van der Waals surface area (Å²) in [7, 11) is 1.87. The van der Waals surface area contributed by atoms with Crippen LogP contribution in [0.15, 0.2) is 18.6 Å². The van der Waals surface area contributed by atoms with Crippen LogP contribution >= 0.6 is 11.3 Å². The standard InChI is InChI=1S/C15H21N5O2S/c1-11-16-7-13(23-11)8-17-14(21)20-4-5-22-15(2,10-20)12-6-18-19(3)9-12/h6-7,9H,4-5,8,10H2,1-3H3,(H,17,21)/t15-/m1/s1. The lowest BCUT2D eigenvalue weighted by Gasteiger charge is -2.39. The third-order valence-electron chi connectivity index (χ3n) is 3.96. The Kier molecular flexibility index (Phi) is 4.36. The number of urea groups is 1. The Hall–Kier alpha value is -1.93. The van der Waals surface area contributed by atoms with Crippen molar-refractivity contribution in [3.05, 3.63) is 34.0 Å². The molecule has 0 unspecified atom stereocenters. The molecule has 0 bridgehead atoms. The number of aromatic nitrogens is 3. The number of hydrogen-bond acceptors (Lipinski definition) is 5. The van der Waals surface area contributed by atoms with Gasteiger partial charge in [0.2, 0.25) is 0 Å². The van der Waals surface area contributed by atoms with Crippen LogP contribution in [0.4, 0.5) is 4.79 Å². The summed E-state index contributed by atoms with van der Waals surface area (Å²) in [5.74, 6) is 0. The van der Waals surface area contributed by atoms with E-state index < -0.39 is 5.60 Å². The highest BCUT2D eigenvalue weighted by Gasteiger charge is 2.36. The van der Waals surface area contributed by atoms with Gasteiger partial charge in [-0.05, 0) is 13.8 Å². The maximum Gasteiger partial charge on any atom is 0.317 e. The predicted octanol–water partition coefficient (Wildman–Crippen LogP) is 1.64. The molecule has 23 heavy (non-hydrogen) atoms. The molecule has 8 heteroatoms. The van der Waals surface area contributed by atoms with Gasteiger partial charge in [-0.3, -0.25) is 4.68 Å². The van der Waals surface area contributed by atoms with E-state index in [0.717, 1.165) is 15.4 Å². The number of morpholine rings is 1. The highest BCUT2D eigenvalue weighted by molar-refractivity contribution is 7.11. The van der Waals surface area contributed by atoms with Crippen LogP contribution in [-0.4, -0.2) is 45.4 Å². The number of carbonyl (C=O) groups excluding carboxylic acids is 1. The van der Waals surface area contributed by atoms with Crippen LogP contribution < -0.4 is 5.32 Å². The average Bonchev–Trinajstić information content (AvgIpc) is 3.14. The Morgan fingerprint density at radius 2 is 2.35 bits per heavy atom. The van der Waals surface area contributed by atoms with E-state index in [0.29, 0.717) is 26.2 Å². The lowest BCUT2D eigenvalue weighted by atomic mass is 9.97. The lowest BCUT2D eigenvalue weighted by Crippen LogP contribution is -2.53. The molecule has 7 nitrogen and oxygen atoms in total. The Morgan fingerprint density at radius 3 is 3.00 bits per heavy atom. The summed E-state index contributed by atoms with van der Waals surface area (Å²) < 4.78 is 7.67. The fourth-order valence-electron chi connectivity index (χ4n) is 2.67. The minimum atomic E-state index is -0.523. The van der Waals surface area contributed by atoms with Crippen LogP contribution in [0, 0.1) is 6.92 Å². The van der Waals surface area contributed by atoms with Crippen molar-refractivity contribution in [1.29, 1.82) is 0 Å². The molecular weight excluding hydrogens is 314 g/mol. The van der Waals surface area contributed by atoms with Gasteiger partial charge in [0.1, 0.15) is 5.60 Å². The molecule has 2 aromatic heterocycles. The van der Waals surface area contributed by atoms with Crippen LogP contribution in [0.1, 0.15) is 22.4 Å². The van der Waals surface area contributed by atoms with Crippen molar-refractivity contribution < 1.29 is 9.53 Å². The topological polar surface area (TPSA) is 72.3 Å². The van der Waals surface area contributed by atoms with Crippen molar-refractivity contribution in [3.63, 3.8) is 0 Å². The van der Waals surface area contributed by atoms with E-state index in [-0.39, 0.29) is 6.03 Å². The van der Waals surface area contributed by atoms with Crippen molar-refractivity contribution in [3.8, 4) is 0 Å². The van der Waals surface area contributed by atoms with Gasteiger partial charge in [0.25, 0.3) is 0 Å². The molecule has 3 heterocycles. The number of ether oxygens (including phenoxy) is 1. The molecule has 0 spiro atoms. The molecule has 1 N–H and O–H groups in total. The second kappa shape index (κ2) is 6.29. The first kappa shape index (κ1) is 15.9. The van der Waals surface area contributed by atoms with Gasteiger partial charge in [-0.2, -0.15) is 5.10 Å². The molecule has 0 aliphatic carbocycles. The van der Waals surface area contributed by atoms with Crippen LogP contribution in [0.2, 0.25) is 0 Å². The number of hydrogen-bond donors (Lipinski definition) is 1. The number of carbonyl (C=O) groups is 1. The molecule has 1 atom stereocenters. The molecular formula is C15H21N5O2S. The Balaban J connectivity index is 1.62. The van der Waals surface area contributed by atoms with E-state index in [1.54, 1.807) is 33.3 Å². The summed E-state index contributed by atoms with van der Waals surface area (Å²) in [6.07, 6.45) is 5.53. The monoisotopic (exact) mass is 335 g/mol. The SMILES string of the molecule is Cc1ncc(CNC(=O)N2CCO[C@@](C)(c3cnn(C)c3)C2)s1. The Labute approximate surface area is 139 Å². The number of nitrogens with zero attached hydrogens (tertiary/aromatic N) is 4. The minimum absolute atomic E-state index is 0.0746. The van der Waals surface area contributed by atoms with E-state index in [1.165, 1.54) is 0 Å². The predicted molar refractivity (Wildman–Crippen MR) is 87.2 cm³/mol. The van der Waals surface area contributed by atoms with Gasteiger partial charge < -0.3 is 15.0 Å². The van der Waals surface area contributed by atoms with Gasteiger partial charge in [0, 0.05) is 36.4 Å². The van der Waals surface area contributed by atoms with Gasteiger partial charge in [-0.15, -0.1) is 11.3 Å².